The highest BCUT2D eigenvalue weighted by Gasteiger charge is 2.28. The topological polar surface area (TPSA) is 89.7 Å². The van der Waals surface area contributed by atoms with Gasteiger partial charge in [0.25, 0.3) is 6.01 Å². The molecule has 2 aromatic heterocycles. The van der Waals surface area contributed by atoms with Gasteiger partial charge in [0.05, 0.1) is 5.69 Å². The van der Waals surface area contributed by atoms with Crippen LogP contribution in [0.2, 0.25) is 0 Å². The molecule has 8 nitrogen and oxygen atoms in total. The largest absolute Gasteiger partial charge is 0.454 e. The number of hydrogen-bond donors (Lipinski definition) is 1. The molecule has 1 saturated heterocycles. The zero-order valence-electron chi connectivity index (χ0n) is 17.1. The molecule has 6 rings (SSSR count). The number of rotatable bonds is 4. The van der Waals surface area contributed by atoms with Crippen molar-refractivity contribution >= 4 is 39.5 Å². The molecule has 2 aliphatic heterocycles. The van der Waals surface area contributed by atoms with Crippen molar-refractivity contribution < 1.29 is 18.7 Å². The average molecular weight is 449 g/mol. The third-order valence-electron chi connectivity index (χ3n) is 5.82. The van der Waals surface area contributed by atoms with Crippen LogP contribution in [0, 0.1) is 5.92 Å². The molecule has 0 saturated carbocycles. The van der Waals surface area contributed by atoms with Gasteiger partial charge in [0.1, 0.15) is 5.52 Å². The fourth-order valence-electron chi connectivity index (χ4n) is 4.06. The molecule has 162 valence electrons. The van der Waals surface area contributed by atoms with Crippen molar-refractivity contribution in [3.63, 3.8) is 0 Å². The lowest BCUT2D eigenvalue weighted by molar-refractivity contribution is -0.120. The number of hydrogen-bond acceptors (Lipinski definition) is 8. The summed E-state index contributed by atoms with van der Waals surface area (Å²) in [6.07, 6.45) is 1.48. The van der Waals surface area contributed by atoms with E-state index in [1.54, 1.807) is 0 Å². The van der Waals surface area contributed by atoms with Crippen molar-refractivity contribution in [2.45, 2.75) is 12.8 Å². The van der Waals surface area contributed by atoms with Gasteiger partial charge in [0.15, 0.2) is 22.2 Å². The van der Waals surface area contributed by atoms with Crippen molar-refractivity contribution in [1.29, 1.82) is 0 Å². The Kier molecular flexibility index (Phi) is 4.68. The minimum atomic E-state index is -0.0616. The molecule has 1 fully saturated rings. The number of ether oxygens (including phenoxy) is 2. The normalized spacial score (nSPS) is 15.9. The molecule has 1 amide bonds. The van der Waals surface area contributed by atoms with Crippen LogP contribution in [0.1, 0.15) is 12.8 Å². The Morgan fingerprint density at radius 1 is 1.06 bits per heavy atom. The first-order valence-electron chi connectivity index (χ1n) is 10.5. The van der Waals surface area contributed by atoms with Gasteiger partial charge in [-0.1, -0.05) is 12.1 Å². The summed E-state index contributed by atoms with van der Waals surface area (Å²) in [7, 11) is 0. The SMILES string of the molecule is O=C(Nc1nc(-c2ccc3c(c2)OCO3)cs1)C1CCN(c2nc3ccccc3o2)CC1. The quantitative estimate of drug-likeness (QED) is 0.490. The van der Waals surface area contributed by atoms with E-state index in [0.717, 1.165) is 54.0 Å². The van der Waals surface area contributed by atoms with Crippen LogP contribution in [0.5, 0.6) is 11.5 Å². The molecule has 2 aliphatic rings. The van der Waals surface area contributed by atoms with Gasteiger partial charge in [0.2, 0.25) is 12.7 Å². The highest BCUT2D eigenvalue weighted by Crippen LogP contribution is 2.36. The monoisotopic (exact) mass is 448 g/mol. The fraction of sp³-hybridized carbons (Fsp3) is 0.261. The van der Waals surface area contributed by atoms with Crippen molar-refractivity contribution in [2.24, 2.45) is 5.92 Å². The number of amides is 1. The molecule has 4 heterocycles. The van der Waals surface area contributed by atoms with Crippen molar-refractivity contribution in [2.75, 3.05) is 30.1 Å². The Morgan fingerprint density at radius 2 is 1.91 bits per heavy atom. The van der Waals surface area contributed by atoms with E-state index in [4.69, 9.17) is 13.9 Å². The number of fused-ring (bicyclic) bond motifs is 2. The van der Waals surface area contributed by atoms with E-state index in [2.05, 4.69) is 20.2 Å². The van der Waals surface area contributed by atoms with E-state index in [0.29, 0.717) is 16.9 Å². The Labute approximate surface area is 187 Å². The number of para-hydroxylation sites is 2. The van der Waals surface area contributed by atoms with Crippen LogP contribution in [0.3, 0.4) is 0 Å². The molecule has 0 unspecified atom stereocenters. The molecule has 0 bridgehead atoms. The summed E-state index contributed by atoms with van der Waals surface area (Å²) in [5, 5.41) is 5.52. The number of benzene rings is 2. The van der Waals surface area contributed by atoms with Crippen LogP contribution >= 0.6 is 11.3 Å². The predicted octanol–water partition coefficient (Wildman–Crippen LogP) is 4.54. The van der Waals surface area contributed by atoms with Crippen molar-refractivity contribution in [3.8, 4) is 22.8 Å². The first-order chi connectivity index (χ1) is 15.7. The fourth-order valence-corrected chi connectivity index (χ4v) is 4.78. The Bertz CT molecular complexity index is 1260. The van der Waals surface area contributed by atoms with Gasteiger partial charge in [-0.2, -0.15) is 4.98 Å². The molecule has 1 N–H and O–H groups in total. The molecular weight excluding hydrogens is 428 g/mol. The lowest BCUT2D eigenvalue weighted by atomic mass is 9.96. The maximum absolute atomic E-state index is 12.8. The van der Waals surface area contributed by atoms with Gasteiger partial charge in [-0.15, -0.1) is 11.3 Å². The molecule has 4 aromatic rings. The van der Waals surface area contributed by atoms with Crippen LogP contribution in [0.25, 0.3) is 22.4 Å². The number of carbonyl (C=O) groups excluding carboxylic acids is 1. The number of aromatic nitrogens is 2. The molecule has 0 spiro atoms. The summed E-state index contributed by atoms with van der Waals surface area (Å²) in [5.41, 5.74) is 3.36. The minimum Gasteiger partial charge on any atom is -0.454 e. The van der Waals surface area contributed by atoms with E-state index < -0.39 is 0 Å². The highest BCUT2D eigenvalue weighted by molar-refractivity contribution is 7.14. The molecule has 0 radical (unpaired) electrons. The lowest BCUT2D eigenvalue weighted by Crippen LogP contribution is -2.38. The zero-order chi connectivity index (χ0) is 21.5. The summed E-state index contributed by atoms with van der Waals surface area (Å²) < 4.78 is 16.7. The van der Waals surface area contributed by atoms with Gasteiger partial charge in [-0.3, -0.25) is 4.79 Å². The summed E-state index contributed by atoms with van der Waals surface area (Å²) >= 11 is 1.42. The van der Waals surface area contributed by atoms with E-state index in [1.165, 1.54) is 11.3 Å². The van der Waals surface area contributed by atoms with Gasteiger partial charge < -0.3 is 24.1 Å². The lowest BCUT2D eigenvalue weighted by Gasteiger charge is -2.29. The van der Waals surface area contributed by atoms with Crippen LogP contribution in [0.4, 0.5) is 11.1 Å². The minimum absolute atomic E-state index is 0.00815. The van der Waals surface area contributed by atoms with Gasteiger partial charge in [-0.25, -0.2) is 4.98 Å². The second kappa shape index (κ2) is 7.83. The van der Waals surface area contributed by atoms with Crippen molar-refractivity contribution in [1.82, 2.24) is 9.97 Å². The summed E-state index contributed by atoms with van der Waals surface area (Å²) in [6.45, 7) is 1.69. The van der Waals surface area contributed by atoms with E-state index in [-0.39, 0.29) is 18.6 Å². The Balaban J connectivity index is 1.08. The summed E-state index contributed by atoms with van der Waals surface area (Å²) in [4.78, 5) is 24.1. The number of anilines is 2. The van der Waals surface area contributed by atoms with E-state index in [1.807, 2.05) is 47.8 Å². The number of nitrogens with zero attached hydrogens (tertiary/aromatic N) is 3. The van der Waals surface area contributed by atoms with Gasteiger partial charge in [-0.05, 0) is 43.2 Å². The van der Waals surface area contributed by atoms with Crippen LogP contribution in [-0.2, 0) is 4.79 Å². The maximum Gasteiger partial charge on any atom is 0.298 e. The van der Waals surface area contributed by atoms with E-state index in [9.17, 15) is 4.79 Å². The van der Waals surface area contributed by atoms with Crippen molar-refractivity contribution in [3.05, 3.63) is 47.8 Å². The molecule has 2 aromatic carbocycles. The number of nitrogens with one attached hydrogen (secondary N) is 1. The maximum atomic E-state index is 12.8. The summed E-state index contributed by atoms with van der Waals surface area (Å²) in [6, 6.07) is 14.1. The average Bonchev–Trinajstić information content (AvgIpc) is 3.57. The first-order valence-corrected chi connectivity index (χ1v) is 11.4. The highest BCUT2D eigenvalue weighted by atomic mass is 32.1. The second-order valence-corrected chi connectivity index (χ2v) is 8.68. The molecule has 0 atom stereocenters. The molecule has 9 heteroatoms. The van der Waals surface area contributed by atoms with Crippen LogP contribution in [0.15, 0.2) is 52.3 Å². The van der Waals surface area contributed by atoms with Gasteiger partial charge in [0, 0.05) is 30.0 Å². The zero-order valence-corrected chi connectivity index (χ0v) is 17.9. The first kappa shape index (κ1) is 19.1. The van der Waals surface area contributed by atoms with Crippen LogP contribution in [-0.4, -0.2) is 35.8 Å². The number of thiazole rings is 1. The second-order valence-electron chi connectivity index (χ2n) is 7.82. The smallest absolute Gasteiger partial charge is 0.298 e. The number of carbonyl (C=O) groups is 1. The standard InChI is InChI=1S/C23H20N4O4S/c28-21(14-7-9-27(10-8-14)23-25-16-3-1-2-4-18(16)31-23)26-22-24-17(12-32-22)15-5-6-19-20(11-15)30-13-29-19/h1-6,11-12,14H,7-10,13H2,(H,24,26,28). The molecule has 0 aliphatic carbocycles. The Hall–Kier alpha value is -3.59. The third-order valence-corrected chi connectivity index (χ3v) is 6.58. The predicted molar refractivity (Wildman–Crippen MR) is 121 cm³/mol. The molecule has 32 heavy (non-hydrogen) atoms. The summed E-state index contributed by atoms with van der Waals surface area (Å²) in [5.74, 6) is 1.40. The van der Waals surface area contributed by atoms with E-state index >= 15 is 0 Å². The third kappa shape index (κ3) is 3.54. The number of piperidine rings is 1. The van der Waals surface area contributed by atoms with Gasteiger partial charge >= 0.3 is 0 Å². The van der Waals surface area contributed by atoms with Crippen LogP contribution < -0.4 is 19.7 Å². The Morgan fingerprint density at radius 3 is 2.78 bits per heavy atom. The molecular formula is C23H20N4O4S. The number of oxazole rings is 1.